The molecule has 1 aliphatic rings. The molecular formula is C16H24FN3O. The molecule has 116 valence electrons. The van der Waals surface area contributed by atoms with Gasteiger partial charge >= 0.3 is 0 Å². The van der Waals surface area contributed by atoms with Gasteiger partial charge in [0.2, 0.25) is 5.91 Å². The summed E-state index contributed by atoms with van der Waals surface area (Å²) in [4.78, 5) is 14.1. The van der Waals surface area contributed by atoms with Crippen LogP contribution in [0.25, 0.3) is 0 Å². The van der Waals surface area contributed by atoms with Gasteiger partial charge in [0, 0.05) is 5.69 Å². The van der Waals surface area contributed by atoms with Crippen molar-refractivity contribution < 1.29 is 9.18 Å². The van der Waals surface area contributed by atoms with Gasteiger partial charge in [-0.1, -0.05) is 6.92 Å². The number of carbonyl (C=O) groups is 1. The van der Waals surface area contributed by atoms with Crippen LogP contribution < -0.4 is 10.6 Å². The Morgan fingerprint density at radius 2 is 1.95 bits per heavy atom. The number of hydrogen-bond donors (Lipinski definition) is 2. The van der Waals surface area contributed by atoms with Gasteiger partial charge < -0.3 is 10.6 Å². The average Bonchev–Trinajstić information content (AvgIpc) is 2.49. The number of nitrogens with zero attached hydrogens (tertiary/aromatic N) is 1. The number of nitrogens with one attached hydrogen (secondary N) is 2. The lowest BCUT2D eigenvalue weighted by molar-refractivity contribution is -0.117. The fourth-order valence-corrected chi connectivity index (χ4v) is 2.63. The first-order chi connectivity index (χ1) is 10.2. The minimum Gasteiger partial charge on any atom is -0.325 e. The van der Waals surface area contributed by atoms with E-state index in [9.17, 15) is 9.18 Å². The summed E-state index contributed by atoms with van der Waals surface area (Å²) in [6, 6.07) is 5.86. The van der Waals surface area contributed by atoms with E-state index in [0.29, 0.717) is 12.2 Å². The Morgan fingerprint density at radius 3 is 2.57 bits per heavy atom. The fraction of sp³-hybridized carbons (Fsp3) is 0.562. The molecule has 2 N–H and O–H groups in total. The van der Waals surface area contributed by atoms with Crippen molar-refractivity contribution in [2.24, 2.45) is 5.92 Å². The summed E-state index contributed by atoms with van der Waals surface area (Å²) >= 11 is 0. The number of benzene rings is 1. The maximum atomic E-state index is 12.8. The first kappa shape index (κ1) is 15.9. The Morgan fingerprint density at radius 1 is 1.29 bits per heavy atom. The van der Waals surface area contributed by atoms with Crippen LogP contribution in [0, 0.1) is 11.7 Å². The maximum Gasteiger partial charge on any atom is 0.238 e. The highest BCUT2D eigenvalue weighted by atomic mass is 19.1. The number of rotatable bonds is 6. The molecule has 1 aromatic rings. The van der Waals surface area contributed by atoms with Crippen LogP contribution in [-0.4, -0.2) is 43.5 Å². The van der Waals surface area contributed by atoms with E-state index in [1.807, 2.05) is 0 Å². The minimum absolute atomic E-state index is 0.0354. The van der Waals surface area contributed by atoms with Crippen LogP contribution in [0.1, 0.15) is 19.8 Å². The van der Waals surface area contributed by atoms with Crippen molar-refractivity contribution in [3.8, 4) is 0 Å². The monoisotopic (exact) mass is 293 g/mol. The molecule has 0 spiro atoms. The first-order valence-corrected chi connectivity index (χ1v) is 7.66. The summed E-state index contributed by atoms with van der Waals surface area (Å²) in [5.74, 6) is 0.392. The van der Waals surface area contributed by atoms with E-state index in [1.54, 1.807) is 12.1 Å². The van der Waals surface area contributed by atoms with Crippen LogP contribution in [0.15, 0.2) is 24.3 Å². The van der Waals surface area contributed by atoms with Crippen molar-refractivity contribution in [3.63, 3.8) is 0 Å². The van der Waals surface area contributed by atoms with E-state index in [4.69, 9.17) is 0 Å². The molecule has 0 atom stereocenters. The van der Waals surface area contributed by atoms with Gasteiger partial charge in [0.1, 0.15) is 5.82 Å². The highest BCUT2D eigenvalue weighted by Crippen LogP contribution is 2.16. The van der Waals surface area contributed by atoms with Gasteiger partial charge in [-0.3, -0.25) is 9.69 Å². The van der Waals surface area contributed by atoms with E-state index in [1.165, 1.54) is 12.1 Å². The quantitative estimate of drug-likeness (QED) is 0.844. The van der Waals surface area contributed by atoms with Gasteiger partial charge in [0.15, 0.2) is 0 Å². The van der Waals surface area contributed by atoms with Crippen molar-refractivity contribution in [1.29, 1.82) is 0 Å². The minimum atomic E-state index is -0.296. The van der Waals surface area contributed by atoms with Crippen molar-refractivity contribution in [2.75, 3.05) is 38.0 Å². The lowest BCUT2D eigenvalue weighted by Crippen LogP contribution is -2.41. The Balaban J connectivity index is 1.70. The smallest absolute Gasteiger partial charge is 0.238 e. The Bertz CT molecular complexity index is 441. The fourth-order valence-electron chi connectivity index (χ4n) is 2.63. The van der Waals surface area contributed by atoms with Gasteiger partial charge in [-0.25, -0.2) is 4.39 Å². The number of hydrogen-bond acceptors (Lipinski definition) is 3. The molecule has 1 aromatic carbocycles. The molecule has 1 heterocycles. The zero-order valence-corrected chi connectivity index (χ0v) is 12.6. The molecule has 0 bridgehead atoms. The van der Waals surface area contributed by atoms with Crippen LogP contribution in [0.5, 0.6) is 0 Å². The summed E-state index contributed by atoms with van der Waals surface area (Å²) in [6.07, 6.45) is 2.27. The lowest BCUT2D eigenvalue weighted by Gasteiger charge is -2.31. The summed E-state index contributed by atoms with van der Waals surface area (Å²) in [6.45, 7) is 6.55. The van der Waals surface area contributed by atoms with E-state index in [-0.39, 0.29) is 11.7 Å². The van der Waals surface area contributed by atoms with Crippen LogP contribution in [0.3, 0.4) is 0 Å². The molecule has 0 radical (unpaired) electrons. The second-order valence-corrected chi connectivity index (χ2v) is 5.58. The largest absolute Gasteiger partial charge is 0.325 e. The molecule has 1 amide bonds. The number of piperidine rings is 1. The van der Waals surface area contributed by atoms with Crippen molar-refractivity contribution in [1.82, 2.24) is 10.2 Å². The van der Waals surface area contributed by atoms with Gasteiger partial charge in [-0.2, -0.15) is 0 Å². The molecular weight excluding hydrogens is 269 g/mol. The predicted molar refractivity (Wildman–Crippen MR) is 82.7 cm³/mol. The van der Waals surface area contributed by atoms with Crippen LogP contribution in [0.2, 0.25) is 0 Å². The molecule has 0 saturated carbocycles. The molecule has 0 unspecified atom stereocenters. The van der Waals surface area contributed by atoms with E-state index in [0.717, 1.165) is 44.9 Å². The summed E-state index contributed by atoms with van der Waals surface area (Å²) in [5.41, 5.74) is 0.642. The van der Waals surface area contributed by atoms with E-state index < -0.39 is 0 Å². The Hall–Kier alpha value is -1.46. The topological polar surface area (TPSA) is 44.4 Å². The molecule has 1 fully saturated rings. The molecule has 1 saturated heterocycles. The number of amides is 1. The molecule has 0 aromatic heterocycles. The van der Waals surface area contributed by atoms with Gasteiger partial charge in [-0.05, 0) is 69.2 Å². The second kappa shape index (κ2) is 8.10. The zero-order chi connectivity index (χ0) is 15.1. The molecule has 5 heteroatoms. The summed E-state index contributed by atoms with van der Waals surface area (Å²) in [7, 11) is 0. The zero-order valence-electron chi connectivity index (χ0n) is 12.6. The Labute approximate surface area is 125 Å². The highest BCUT2D eigenvalue weighted by molar-refractivity contribution is 5.92. The summed E-state index contributed by atoms with van der Waals surface area (Å²) in [5, 5.41) is 6.18. The standard InChI is InChI=1S/C16H24FN3O/c1-2-18-11-13-7-9-20(10-8-13)12-16(21)19-15-5-3-14(17)4-6-15/h3-6,13,18H,2,7-12H2,1H3,(H,19,21). The second-order valence-electron chi connectivity index (χ2n) is 5.58. The molecule has 0 aliphatic carbocycles. The molecule has 4 nitrogen and oxygen atoms in total. The third-order valence-corrected chi connectivity index (χ3v) is 3.89. The number of carbonyl (C=O) groups excluding carboxylic acids is 1. The number of halogens is 1. The normalized spacial score (nSPS) is 16.9. The molecule has 21 heavy (non-hydrogen) atoms. The van der Waals surface area contributed by atoms with Crippen molar-refractivity contribution >= 4 is 11.6 Å². The van der Waals surface area contributed by atoms with E-state index >= 15 is 0 Å². The lowest BCUT2D eigenvalue weighted by atomic mass is 9.97. The number of anilines is 1. The first-order valence-electron chi connectivity index (χ1n) is 7.66. The van der Waals surface area contributed by atoms with Crippen LogP contribution in [0.4, 0.5) is 10.1 Å². The van der Waals surface area contributed by atoms with Crippen molar-refractivity contribution in [3.05, 3.63) is 30.1 Å². The van der Waals surface area contributed by atoms with E-state index in [2.05, 4.69) is 22.5 Å². The Kier molecular flexibility index (Phi) is 6.14. The molecule has 2 rings (SSSR count). The highest BCUT2D eigenvalue weighted by Gasteiger charge is 2.20. The summed E-state index contributed by atoms with van der Waals surface area (Å²) < 4.78 is 12.8. The van der Waals surface area contributed by atoms with Gasteiger partial charge in [-0.15, -0.1) is 0 Å². The van der Waals surface area contributed by atoms with Crippen LogP contribution >= 0.6 is 0 Å². The SMILES string of the molecule is CCNCC1CCN(CC(=O)Nc2ccc(F)cc2)CC1. The molecule has 1 aliphatic heterocycles. The predicted octanol–water partition coefficient (Wildman–Crippen LogP) is 2.09. The average molecular weight is 293 g/mol. The van der Waals surface area contributed by atoms with Crippen molar-refractivity contribution in [2.45, 2.75) is 19.8 Å². The van der Waals surface area contributed by atoms with Gasteiger partial charge in [0.25, 0.3) is 0 Å². The van der Waals surface area contributed by atoms with Gasteiger partial charge in [0.05, 0.1) is 6.54 Å². The maximum absolute atomic E-state index is 12.8. The third-order valence-electron chi connectivity index (χ3n) is 3.89. The third kappa shape index (κ3) is 5.44. The van der Waals surface area contributed by atoms with Crippen LogP contribution in [-0.2, 0) is 4.79 Å². The number of likely N-dealkylation sites (tertiary alicyclic amines) is 1.